The number of para-hydroxylation sites is 2. The highest BCUT2D eigenvalue weighted by molar-refractivity contribution is 7.18. The lowest BCUT2D eigenvalue weighted by atomic mass is 10.3. The number of ether oxygens (including phenoxy) is 2. The van der Waals surface area contributed by atoms with Gasteiger partial charge in [-0.25, -0.2) is 9.78 Å². The maximum Gasteiger partial charge on any atom is 0.347 e. The van der Waals surface area contributed by atoms with Gasteiger partial charge in [0.2, 0.25) is 0 Å². The number of rotatable bonds is 7. The van der Waals surface area contributed by atoms with E-state index >= 15 is 0 Å². The lowest BCUT2D eigenvalue weighted by molar-refractivity contribution is -0.157. The van der Waals surface area contributed by atoms with Crippen LogP contribution in [0.5, 0.6) is 5.75 Å². The van der Waals surface area contributed by atoms with Gasteiger partial charge in [-0.15, -0.1) is 11.3 Å². The van der Waals surface area contributed by atoms with Crippen LogP contribution >= 0.6 is 11.3 Å². The zero-order valence-corrected chi connectivity index (χ0v) is 16.8. The van der Waals surface area contributed by atoms with E-state index in [-0.39, 0.29) is 18.6 Å². The summed E-state index contributed by atoms with van der Waals surface area (Å²) in [5.41, 5.74) is 0.911. The molecule has 0 saturated carbocycles. The molecule has 0 aliphatic heterocycles. The molecule has 3 aromatic rings. The molecule has 3 rings (SSSR count). The Labute approximate surface area is 167 Å². The van der Waals surface area contributed by atoms with E-state index < -0.39 is 12.1 Å². The van der Waals surface area contributed by atoms with Crippen molar-refractivity contribution in [2.75, 3.05) is 13.7 Å². The van der Waals surface area contributed by atoms with E-state index in [4.69, 9.17) is 9.47 Å². The molecule has 1 amide bonds. The molecule has 1 heterocycles. The number of nitrogens with zero attached hydrogens (tertiary/aromatic N) is 2. The van der Waals surface area contributed by atoms with Crippen LogP contribution in [0.15, 0.2) is 54.6 Å². The van der Waals surface area contributed by atoms with Gasteiger partial charge in [-0.3, -0.25) is 4.79 Å². The van der Waals surface area contributed by atoms with Crippen molar-refractivity contribution in [3.8, 4) is 5.75 Å². The number of likely N-dealkylation sites (N-methyl/N-ethyl adjacent to an activating group) is 1. The first kappa shape index (κ1) is 19.8. The lowest BCUT2D eigenvalue weighted by Crippen LogP contribution is -2.35. The molecular weight excluding hydrogens is 376 g/mol. The van der Waals surface area contributed by atoms with Gasteiger partial charge in [0.25, 0.3) is 5.91 Å². The fraction of sp³-hybridized carbons (Fsp3) is 0.286. The Balaban J connectivity index is 1.53. The Kier molecular flexibility index (Phi) is 6.26. The summed E-state index contributed by atoms with van der Waals surface area (Å²) >= 11 is 1.55. The van der Waals surface area contributed by atoms with E-state index in [1.54, 1.807) is 37.4 Å². The highest BCUT2D eigenvalue weighted by atomic mass is 32.1. The minimum Gasteiger partial charge on any atom is -0.479 e. The van der Waals surface area contributed by atoms with Crippen molar-refractivity contribution in [2.45, 2.75) is 26.0 Å². The fourth-order valence-electron chi connectivity index (χ4n) is 2.55. The molecule has 2 atom stereocenters. The van der Waals surface area contributed by atoms with Gasteiger partial charge in [0.05, 0.1) is 16.3 Å². The molecule has 146 valence electrons. The zero-order valence-electron chi connectivity index (χ0n) is 16.0. The van der Waals surface area contributed by atoms with Crippen LogP contribution in [-0.2, 0) is 14.3 Å². The predicted molar refractivity (Wildman–Crippen MR) is 108 cm³/mol. The first-order valence-corrected chi connectivity index (χ1v) is 9.77. The zero-order chi connectivity index (χ0) is 20.1. The van der Waals surface area contributed by atoms with Crippen molar-refractivity contribution < 1.29 is 19.1 Å². The first-order chi connectivity index (χ1) is 13.5. The second-order valence-corrected chi connectivity index (χ2v) is 7.44. The number of aromatic nitrogens is 1. The normalized spacial score (nSPS) is 13.0. The Morgan fingerprint density at radius 2 is 1.75 bits per heavy atom. The lowest BCUT2D eigenvalue weighted by Gasteiger charge is -2.23. The SMILES string of the molecule is C[C@H](c1nc2ccccc2s1)N(C)C(=O)COC(=O)[C@@H](C)Oc1ccccc1. The molecule has 0 unspecified atom stereocenters. The summed E-state index contributed by atoms with van der Waals surface area (Å²) < 4.78 is 11.7. The number of carbonyl (C=O) groups is 2. The standard InChI is InChI=1S/C21H22N2O4S/c1-14(20-22-17-11-7-8-12-18(17)28-20)23(3)19(24)13-26-21(25)15(2)27-16-9-5-4-6-10-16/h4-12,14-15H,13H2,1-3H3/t14-,15-/m1/s1. The molecular formula is C21H22N2O4S. The summed E-state index contributed by atoms with van der Waals surface area (Å²) in [5, 5.41) is 0.837. The predicted octanol–water partition coefficient (Wildman–Crippen LogP) is 3.83. The van der Waals surface area contributed by atoms with Crippen LogP contribution in [0.3, 0.4) is 0 Å². The molecule has 0 radical (unpaired) electrons. The third kappa shape index (κ3) is 4.67. The molecule has 28 heavy (non-hydrogen) atoms. The monoisotopic (exact) mass is 398 g/mol. The number of esters is 1. The number of fused-ring (bicyclic) bond motifs is 1. The minimum atomic E-state index is -0.804. The molecule has 0 N–H and O–H groups in total. The molecule has 0 bridgehead atoms. The van der Waals surface area contributed by atoms with Gasteiger partial charge in [0.15, 0.2) is 12.7 Å². The van der Waals surface area contributed by atoms with Crippen LogP contribution in [-0.4, -0.2) is 41.5 Å². The van der Waals surface area contributed by atoms with Crippen LogP contribution < -0.4 is 4.74 Å². The highest BCUT2D eigenvalue weighted by Crippen LogP contribution is 2.28. The van der Waals surface area contributed by atoms with E-state index in [2.05, 4.69) is 4.98 Å². The molecule has 0 aliphatic rings. The summed E-state index contributed by atoms with van der Waals surface area (Å²) in [6.45, 7) is 3.15. The van der Waals surface area contributed by atoms with Crippen LogP contribution in [0.4, 0.5) is 0 Å². The Morgan fingerprint density at radius 3 is 2.46 bits per heavy atom. The number of carbonyl (C=O) groups excluding carboxylic acids is 2. The smallest absolute Gasteiger partial charge is 0.347 e. The molecule has 0 spiro atoms. The highest BCUT2D eigenvalue weighted by Gasteiger charge is 2.23. The molecule has 1 aromatic heterocycles. The number of hydrogen-bond acceptors (Lipinski definition) is 6. The van der Waals surface area contributed by atoms with E-state index in [1.165, 1.54) is 4.90 Å². The number of benzene rings is 2. The van der Waals surface area contributed by atoms with Crippen molar-refractivity contribution in [1.82, 2.24) is 9.88 Å². The largest absolute Gasteiger partial charge is 0.479 e. The van der Waals surface area contributed by atoms with E-state index in [1.807, 2.05) is 49.4 Å². The Hall–Kier alpha value is -2.93. The van der Waals surface area contributed by atoms with E-state index in [0.717, 1.165) is 15.2 Å². The van der Waals surface area contributed by atoms with Gasteiger partial charge < -0.3 is 14.4 Å². The average Bonchev–Trinajstić information content (AvgIpc) is 3.15. The third-order valence-electron chi connectivity index (χ3n) is 4.37. The van der Waals surface area contributed by atoms with Crippen molar-refractivity contribution in [3.05, 3.63) is 59.6 Å². The number of hydrogen-bond donors (Lipinski definition) is 0. The summed E-state index contributed by atoms with van der Waals surface area (Å²) in [6.07, 6.45) is -0.804. The summed E-state index contributed by atoms with van der Waals surface area (Å²) in [7, 11) is 1.68. The Bertz CT molecular complexity index is 924. The van der Waals surface area contributed by atoms with Gasteiger partial charge in [-0.05, 0) is 38.1 Å². The van der Waals surface area contributed by atoms with Gasteiger partial charge in [0, 0.05) is 7.05 Å². The van der Waals surface area contributed by atoms with Gasteiger partial charge in [-0.1, -0.05) is 30.3 Å². The average molecular weight is 398 g/mol. The summed E-state index contributed by atoms with van der Waals surface area (Å²) in [5.74, 6) is -0.315. The number of amides is 1. The van der Waals surface area contributed by atoms with Crippen molar-refractivity contribution >= 4 is 33.4 Å². The topological polar surface area (TPSA) is 68.7 Å². The maximum absolute atomic E-state index is 12.4. The molecule has 0 saturated heterocycles. The van der Waals surface area contributed by atoms with Crippen molar-refractivity contribution in [3.63, 3.8) is 0 Å². The van der Waals surface area contributed by atoms with Crippen LogP contribution in [0.2, 0.25) is 0 Å². The van der Waals surface area contributed by atoms with Gasteiger partial charge in [0.1, 0.15) is 10.8 Å². The first-order valence-electron chi connectivity index (χ1n) is 8.95. The van der Waals surface area contributed by atoms with Gasteiger partial charge in [-0.2, -0.15) is 0 Å². The third-order valence-corrected chi connectivity index (χ3v) is 5.57. The second-order valence-electron chi connectivity index (χ2n) is 6.38. The van der Waals surface area contributed by atoms with Gasteiger partial charge >= 0.3 is 5.97 Å². The minimum absolute atomic E-state index is 0.221. The Morgan fingerprint density at radius 1 is 1.07 bits per heavy atom. The van der Waals surface area contributed by atoms with Crippen molar-refractivity contribution in [1.29, 1.82) is 0 Å². The van der Waals surface area contributed by atoms with Crippen molar-refractivity contribution in [2.24, 2.45) is 0 Å². The molecule has 7 heteroatoms. The fourth-order valence-corrected chi connectivity index (χ4v) is 3.62. The summed E-state index contributed by atoms with van der Waals surface area (Å²) in [4.78, 5) is 30.7. The quantitative estimate of drug-likeness (QED) is 0.566. The van der Waals surface area contributed by atoms with Crippen LogP contribution in [0, 0.1) is 0 Å². The molecule has 2 aromatic carbocycles. The van der Waals surface area contributed by atoms with E-state index in [9.17, 15) is 9.59 Å². The number of thiazole rings is 1. The summed E-state index contributed by atoms with van der Waals surface area (Å²) in [6, 6.07) is 16.6. The molecule has 0 aliphatic carbocycles. The van der Waals surface area contributed by atoms with E-state index in [0.29, 0.717) is 5.75 Å². The molecule has 0 fully saturated rings. The maximum atomic E-state index is 12.4. The van der Waals surface area contributed by atoms with Crippen LogP contribution in [0.1, 0.15) is 24.9 Å². The second kappa shape index (κ2) is 8.84. The molecule has 6 nitrogen and oxygen atoms in total. The van der Waals surface area contributed by atoms with Crippen LogP contribution in [0.25, 0.3) is 10.2 Å².